The van der Waals surface area contributed by atoms with Crippen LogP contribution in [0.25, 0.3) is 0 Å². The highest BCUT2D eigenvalue weighted by molar-refractivity contribution is 5.59. The summed E-state index contributed by atoms with van der Waals surface area (Å²) in [6.45, 7) is 6.44. The summed E-state index contributed by atoms with van der Waals surface area (Å²) in [5.74, 6) is 0.997. The summed E-state index contributed by atoms with van der Waals surface area (Å²) in [4.78, 5) is 5.08. The van der Waals surface area contributed by atoms with Gasteiger partial charge in [-0.1, -0.05) is 13.0 Å². The quantitative estimate of drug-likeness (QED) is 0.904. The Hall–Kier alpha value is -1.26. The van der Waals surface area contributed by atoms with Crippen molar-refractivity contribution in [3.8, 4) is 5.75 Å². The van der Waals surface area contributed by atoms with Crippen molar-refractivity contribution in [3.05, 3.63) is 23.8 Å². The van der Waals surface area contributed by atoms with E-state index in [4.69, 9.17) is 4.74 Å². The minimum atomic E-state index is 0.617. The second kappa shape index (κ2) is 7.54. The first-order valence-electron chi connectivity index (χ1n) is 9.07. The summed E-state index contributed by atoms with van der Waals surface area (Å²) in [5, 5.41) is 3.45. The monoisotopic (exact) mass is 317 g/mol. The van der Waals surface area contributed by atoms with Crippen molar-refractivity contribution < 1.29 is 4.74 Å². The number of anilines is 1. The van der Waals surface area contributed by atoms with Gasteiger partial charge in [0.25, 0.3) is 0 Å². The third kappa shape index (κ3) is 3.99. The Bertz CT molecular complexity index is 511. The third-order valence-corrected chi connectivity index (χ3v) is 5.50. The molecule has 0 radical (unpaired) electrons. The molecule has 0 aliphatic carbocycles. The van der Waals surface area contributed by atoms with E-state index in [0.29, 0.717) is 6.04 Å². The van der Waals surface area contributed by atoms with Gasteiger partial charge in [0.05, 0.1) is 5.69 Å². The number of hydrogen-bond donors (Lipinski definition) is 1. The van der Waals surface area contributed by atoms with Crippen LogP contribution in [0, 0.1) is 0 Å². The number of ether oxygens (including phenoxy) is 1. The van der Waals surface area contributed by atoms with E-state index in [1.54, 1.807) is 0 Å². The predicted octanol–water partition coefficient (Wildman–Crippen LogP) is 2.84. The molecule has 1 aromatic rings. The number of benzene rings is 1. The fraction of sp³-hybridized carbons (Fsp3) is 0.684. The van der Waals surface area contributed by atoms with E-state index in [0.717, 1.165) is 37.1 Å². The number of nitrogens with zero attached hydrogens (tertiary/aromatic N) is 2. The van der Waals surface area contributed by atoms with Crippen LogP contribution in [0.2, 0.25) is 0 Å². The zero-order valence-corrected chi connectivity index (χ0v) is 14.8. The largest absolute Gasteiger partial charge is 0.490 e. The second-order valence-corrected chi connectivity index (χ2v) is 7.07. The summed E-state index contributed by atoms with van der Waals surface area (Å²) in [5.41, 5.74) is 2.57. The third-order valence-electron chi connectivity index (χ3n) is 5.50. The molecule has 1 aromatic carbocycles. The summed E-state index contributed by atoms with van der Waals surface area (Å²) in [7, 11) is 4.56. The van der Waals surface area contributed by atoms with Gasteiger partial charge in [-0.15, -0.1) is 0 Å². The van der Waals surface area contributed by atoms with Crippen LogP contribution in [0.1, 0.15) is 31.7 Å². The van der Waals surface area contributed by atoms with E-state index in [1.165, 1.54) is 37.9 Å². The van der Waals surface area contributed by atoms with Crippen molar-refractivity contribution in [3.63, 3.8) is 0 Å². The van der Waals surface area contributed by atoms with Gasteiger partial charge in [-0.2, -0.15) is 0 Å². The van der Waals surface area contributed by atoms with Crippen LogP contribution in [-0.4, -0.2) is 62.2 Å². The second-order valence-electron chi connectivity index (χ2n) is 7.07. The van der Waals surface area contributed by atoms with Gasteiger partial charge in [0.1, 0.15) is 12.4 Å². The van der Waals surface area contributed by atoms with Crippen molar-refractivity contribution in [1.29, 1.82) is 0 Å². The lowest BCUT2D eigenvalue weighted by Crippen LogP contribution is -2.46. The van der Waals surface area contributed by atoms with Gasteiger partial charge in [0.15, 0.2) is 0 Å². The number of likely N-dealkylation sites (tertiary alicyclic amines) is 1. The average molecular weight is 317 g/mol. The Morgan fingerprint density at radius 1 is 1.35 bits per heavy atom. The van der Waals surface area contributed by atoms with Gasteiger partial charge in [0, 0.05) is 18.6 Å². The lowest BCUT2D eigenvalue weighted by Gasteiger charge is -2.39. The summed E-state index contributed by atoms with van der Waals surface area (Å²) in [6.07, 6.45) is 4.91. The highest BCUT2D eigenvalue weighted by Gasteiger charge is 2.25. The van der Waals surface area contributed by atoms with E-state index < -0.39 is 0 Å². The van der Waals surface area contributed by atoms with Gasteiger partial charge in [0.2, 0.25) is 0 Å². The smallest absolute Gasteiger partial charge is 0.142 e. The molecular weight excluding hydrogens is 286 g/mol. The van der Waals surface area contributed by atoms with E-state index in [9.17, 15) is 0 Å². The molecule has 2 aliphatic heterocycles. The Labute approximate surface area is 140 Å². The van der Waals surface area contributed by atoms with Crippen molar-refractivity contribution in [2.45, 2.75) is 44.7 Å². The Balaban J connectivity index is 1.64. The van der Waals surface area contributed by atoms with E-state index in [1.807, 2.05) is 0 Å². The summed E-state index contributed by atoms with van der Waals surface area (Å²) < 4.78 is 5.68. The normalized spacial score (nSPS) is 20.7. The van der Waals surface area contributed by atoms with Crippen LogP contribution >= 0.6 is 0 Å². The maximum atomic E-state index is 5.68. The van der Waals surface area contributed by atoms with Crippen molar-refractivity contribution in [2.75, 3.05) is 45.7 Å². The average Bonchev–Trinajstić information content (AvgIpc) is 2.59. The van der Waals surface area contributed by atoms with Crippen LogP contribution < -0.4 is 10.1 Å². The van der Waals surface area contributed by atoms with Crippen molar-refractivity contribution >= 4 is 5.69 Å². The van der Waals surface area contributed by atoms with Crippen LogP contribution in [0.3, 0.4) is 0 Å². The van der Waals surface area contributed by atoms with Gasteiger partial charge in [-0.3, -0.25) is 0 Å². The molecule has 128 valence electrons. The van der Waals surface area contributed by atoms with Crippen molar-refractivity contribution in [1.82, 2.24) is 9.80 Å². The maximum absolute atomic E-state index is 5.68. The van der Waals surface area contributed by atoms with E-state index in [2.05, 4.69) is 54.3 Å². The maximum Gasteiger partial charge on any atom is 0.142 e. The molecule has 0 bridgehead atoms. The Morgan fingerprint density at radius 2 is 2.13 bits per heavy atom. The first-order chi connectivity index (χ1) is 11.2. The predicted molar refractivity (Wildman–Crippen MR) is 96.5 cm³/mol. The molecule has 1 atom stereocenters. The number of likely N-dealkylation sites (N-methyl/N-ethyl adjacent to an activating group) is 1. The summed E-state index contributed by atoms with van der Waals surface area (Å²) >= 11 is 0. The SMILES string of the molecule is CCC(Cc1ccc2c(c1)NCCO2)N(C)C1CCN(C)CC1. The van der Waals surface area contributed by atoms with E-state index >= 15 is 0 Å². The molecule has 23 heavy (non-hydrogen) atoms. The molecule has 4 nitrogen and oxygen atoms in total. The van der Waals surface area contributed by atoms with Crippen LogP contribution in [0.15, 0.2) is 18.2 Å². The molecule has 1 N–H and O–H groups in total. The number of fused-ring (bicyclic) bond motifs is 1. The molecule has 1 saturated heterocycles. The molecule has 3 rings (SSSR count). The fourth-order valence-corrected chi connectivity index (χ4v) is 3.86. The molecular formula is C19H31N3O. The summed E-state index contributed by atoms with van der Waals surface area (Å²) in [6, 6.07) is 7.98. The molecule has 2 aliphatic rings. The van der Waals surface area contributed by atoms with Gasteiger partial charge < -0.3 is 19.9 Å². The first-order valence-corrected chi connectivity index (χ1v) is 9.07. The lowest BCUT2D eigenvalue weighted by molar-refractivity contribution is 0.104. The minimum Gasteiger partial charge on any atom is -0.490 e. The zero-order valence-electron chi connectivity index (χ0n) is 14.8. The van der Waals surface area contributed by atoms with Crippen LogP contribution in [0.4, 0.5) is 5.69 Å². The molecule has 0 aromatic heterocycles. The number of nitrogens with one attached hydrogen (secondary N) is 1. The lowest BCUT2D eigenvalue weighted by atomic mass is 9.97. The molecule has 1 fully saturated rings. The molecule has 0 spiro atoms. The number of rotatable bonds is 5. The molecule has 2 heterocycles. The van der Waals surface area contributed by atoms with E-state index in [-0.39, 0.29) is 0 Å². The van der Waals surface area contributed by atoms with Crippen molar-refractivity contribution in [2.24, 2.45) is 0 Å². The first kappa shape index (κ1) is 16.6. The molecule has 0 saturated carbocycles. The minimum absolute atomic E-state index is 0.617. The van der Waals surface area contributed by atoms with Crippen LogP contribution in [-0.2, 0) is 6.42 Å². The topological polar surface area (TPSA) is 27.7 Å². The highest BCUT2D eigenvalue weighted by Crippen LogP contribution is 2.29. The number of hydrogen-bond acceptors (Lipinski definition) is 4. The Kier molecular flexibility index (Phi) is 5.44. The van der Waals surface area contributed by atoms with Crippen LogP contribution in [0.5, 0.6) is 5.75 Å². The standard InChI is InChI=1S/C19H31N3O/c1-4-16(22(3)17-7-10-21(2)11-8-17)13-15-5-6-19-18(14-15)20-9-12-23-19/h5-6,14,16-17,20H,4,7-13H2,1-3H3. The van der Waals surface area contributed by atoms with Gasteiger partial charge in [-0.25, -0.2) is 0 Å². The Morgan fingerprint density at radius 3 is 2.87 bits per heavy atom. The molecule has 0 amide bonds. The van der Waals surface area contributed by atoms with Gasteiger partial charge >= 0.3 is 0 Å². The van der Waals surface area contributed by atoms with Gasteiger partial charge in [-0.05, 0) is 70.6 Å². The highest BCUT2D eigenvalue weighted by atomic mass is 16.5. The molecule has 1 unspecified atom stereocenters. The number of piperidine rings is 1. The zero-order chi connectivity index (χ0) is 16.2. The molecule has 4 heteroatoms. The fourth-order valence-electron chi connectivity index (χ4n) is 3.86.